The SMILES string of the molecule is O=C1c2ccc3c4c(c(Nc5ccccc5)cc(c24)C(=O)N1c1ccccc1)C(=O)N(c1ccccc1)C3=O. The predicted molar refractivity (Wildman–Crippen MR) is 149 cm³/mol. The molecule has 7 heteroatoms. The number of hydrogen-bond acceptors (Lipinski definition) is 5. The van der Waals surface area contributed by atoms with Gasteiger partial charge in [-0.1, -0.05) is 54.6 Å². The normalized spacial score (nSPS) is 14.3. The molecule has 0 fully saturated rings. The van der Waals surface area contributed by atoms with E-state index in [0.29, 0.717) is 33.5 Å². The summed E-state index contributed by atoms with van der Waals surface area (Å²) in [4.78, 5) is 57.7. The van der Waals surface area contributed by atoms with Crippen LogP contribution in [0.5, 0.6) is 0 Å². The van der Waals surface area contributed by atoms with Crippen LogP contribution in [0.1, 0.15) is 41.4 Å². The van der Waals surface area contributed by atoms with Crippen LogP contribution in [-0.4, -0.2) is 23.6 Å². The van der Waals surface area contributed by atoms with E-state index >= 15 is 0 Å². The molecule has 7 nitrogen and oxygen atoms in total. The number of carbonyl (C=O) groups is 4. The number of amides is 4. The quantitative estimate of drug-likeness (QED) is 0.292. The summed E-state index contributed by atoms with van der Waals surface area (Å²) in [5.74, 6) is -2.08. The van der Waals surface area contributed by atoms with Gasteiger partial charge in [-0.3, -0.25) is 19.2 Å². The first-order valence-corrected chi connectivity index (χ1v) is 12.4. The first kappa shape index (κ1) is 22.6. The van der Waals surface area contributed by atoms with Crippen LogP contribution in [0.3, 0.4) is 0 Å². The van der Waals surface area contributed by atoms with E-state index in [9.17, 15) is 19.2 Å². The summed E-state index contributed by atoms with van der Waals surface area (Å²) in [6.45, 7) is 0. The number of benzene rings is 5. The van der Waals surface area contributed by atoms with Gasteiger partial charge >= 0.3 is 0 Å². The van der Waals surface area contributed by atoms with E-state index in [0.717, 1.165) is 9.80 Å². The number of hydrogen-bond donors (Lipinski definition) is 1. The van der Waals surface area contributed by atoms with E-state index in [2.05, 4.69) is 5.32 Å². The maximum atomic E-state index is 14.1. The molecule has 0 radical (unpaired) electrons. The molecule has 5 aromatic rings. The zero-order valence-corrected chi connectivity index (χ0v) is 20.4. The molecule has 5 aromatic carbocycles. The monoisotopic (exact) mass is 509 g/mol. The Morgan fingerprint density at radius 1 is 0.462 bits per heavy atom. The standard InChI is InChI=1S/C32H19N3O4/c36-29-22-16-17-23-27-26(22)24(31(38)34(29)20-12-6-2-7-13-20)18-25(33-19-10-4-1-5-11-19)28(27)32(39)35(30(23)37)21-14-8-3-9-15-21/h1-18,33H. The Labute approximate surface area is 222 Å². The first-order valence-electron chi connectivity index (χ1n) is 12.4. The molecule has 2 aliphatic heterocycles. The minimum Gasteiger partial charge on any atom is -0.355 e. The van der Waals surface area contributed by atoms with Gasteiger partial charge in [0.15, 0.2) is 0 Å². The lowest BCUT2D eigenvalue weighted by atomic mass is 9.84. The van der Waals surface area contributed by atoms with Gasteiger partial charge in [-0.25, -0.2) is 9.80 Å². The molecule has 4 amide bonds. The molecule has 0 saturated carbocycles. The van der Waals surface area contributed by atoms with Crippen molar-refractivity contribution in [2.45, 2.75) is 0 Å². The highest BCUT2D eigenvalue weighted by Crippen LogP contribution is 2.43. The number of anilines is 4. The molecule has 1 N–H and O–H groups in total. The van der Waals surface area contributed by atoms with Crippen molar-refractivity contribution < 1.29 is 19.2 Å². The lowest BCUT2D eigenvalue weighted by Gasteiger charge is -2.33. The van der Waals surface area contributed by atoms with Crippen LogP contribution in [0, 0.1) is 0 Å². The summed E-state index contributed by atoms with van der Waals surface area (Å²) < 4.78 is 0. The Morgan fingerprint density at radius 2 is 0.923 bits per heavy atom. The smallest absolute Gasteiger partial charge is 0.268 e. The predicted octanol–water partition coefficient (Wildman–Crippen LogP) is 6.18. The molecule has 39 heavy (non-hydrogen) atoms. The van der Waals surface area contributed by atoms with Crippen LogP contribution in [-0.2, 0) is 0 Å². The summed E-state index contributed by atoms with van der Waals surface area (Å²) in [6, 6.07) is 31.4. The topological polar surface area (TPSA) is 86.8 Å². The Kier molecular flexibility index (Phi) is 4.93. The van der Waals surface area contributed by atoms with E-state index in [1.165, 1.54) is 0 Å². The lowest BCUT2D eigenvalue weighted by molar-refractivity contribution is 0.0873. The minimum absolute atomic E-state index is 0.228. The third kappa shape index (κ3) is 3.30. The Bertz CT molecular complexity index is 1850. The molecular weight excluding hydrogens is 490 g/mol. The maximum absolute atomic E-state index is 14.1. The van der Waals surface area contributed by atoms with Crippen LogP contribution in [0.15, 0.2) is 109 Å². The number of imide groups is 2. The van der Waals surface area contributed by atoms with E-state index < -0.39 is 23.6 Å². The highest BCUT2D eigenvalue weighted by atomic mass is 16.2. The second-order valence-electron chi connectivity index (χ2n) is 9.31. The Hall–Kier alpha value is -5.56. The number of carbonyl (C=O) groups excluding carboxylic acids is 4. The van der Waals surface area contributed by atoms with Crippen LogP contribution >= 0.6 is 0 Å². The van der Waals surface area contributed by atoms with Crippen molar-refractivity contribution in [1.29, 1.82) is 0 Å². The van der Waals surface area contributed by atoms with Gasteiger partial charge in [-0.2, -0.15) is 0 Å². The fourth-order valence-corrected chi connectivity index (χ4v) is 5.37. The first-order chi connectivity index (χ1) is 19.0. The van der Waals surface area contributed by atoms with Crippen molar-refractivity contribution in [2.24, 2.45) is 0 Å². The van der Waals surface area contributed by atoms with Gasteiger partial charge in [0.25, 0.3) is 23.6 Å². The molecule has 0 spiro atoms. The summed E-state index contributed by atoms with van der Waals surface area (Å²) in [7, 11) is 0. The highest BCUT2D eigenvalue weighted by molar-refractivity contribution is 6.43. The Balaban J connectivity index is 1.53. The molecule has 7 rings (SSSR count). The van der Waals surface area contributed by atoms with Crippen molar-refractivity contribution in [3.8, 4) is 0 Å². The summed E-state index contributed by atoms with van der Waals surface area (Å²) >= 11 is 0. The van der Waals surface area contributed by atoms with Crippen LogP contribution in [0.2, 0.25) is 0 Å². The van der Waals surface area contributed by atoms with Crippen molar-refractivity contribution in [3.63, 3.8) is 0 Å². The van der Waals surface area contributed by atoms with E-state index in [1.54, 1.807) is 78.9 Å². The molecule has 0 saturated heterocycles. The summed E-state index contributed by atoms with van der Waals surface area (Å²) in [5.41, 5.74) is 2.91. The van der Waals surface area contributed by atoms with Crippen molar-refractivity contribution >= 4 is 57.2 Å². The number of nitrogens with zero attached hydrogens (tertiary/aromatic N) is 2. The Morgan fingerprint density at radius 3 is 1.49 bits per heavy atom. The summed E-state index contributed by atoms with van der Waals surface area (Å²) in [6.07, 6.45) is 0. The second-order valence-corrected chi connectivity index (χ2v) is 9.31. The zero-order valence-electron chi connectivity index (χ0n) is 20.4. The maximum Gasteiger partial charge on any atom is 0.268 e. The van der Waals surface area contributed by atoms with Gasteiger partial charge in [0, 0.05) is 27.6 Å². The van der Waals surface area contributed by atoms with Gasteiger partial charge in [0.2, 0.25) is 0 Å². The molecule has 0 aromatic heterocycles. The van der Waals surface area contributed by atoms with Gasteiger partial charge < -0.3 is 5.32 Å². The van der Waals surface area contributed by atoms with E-state index in [-0.39, 0.29) is 22.3 Å². The molecule has 2 heterocycles. The van der Waals surface area contributed by atoms with Crippen molar-refractivity contribution in [3.05, 3.63) is 131 Å². The molecule has 0 bridgehead atoms. The third-order valence-corrected chi connectivity index (χ3v) is 7.08. The summed E-state index contributed by atoms with van der Waals surface area (Å²) in [5, 5.41) is 3.91. The molecule has 0 aliphatic carbocycles. The number of para-hydroxylation sites is 3. The molecule has 186 valence electrons. The fraction of sp³-hybridized carbons (Fsp3) is 0. The van der Waals surface area contributed by atoms with Crippen LogP contribution in [0.25, 0.3) is 10.8 Å². The van der Waals surface area contributed by atoms with Crippen molar-refractivity contribution in [1.82, 2.24) is 0 Å². The molecule has 0 atom stereocenters. The average Bonchev–Trinajstić information content (AvgIpc) is 2.97. The number of nitrogens with one attached hydrogen (secondary N) is 1. The van der Waals surface area contributed by atoms with Gasteiger partial charge in [0.05, 0.1) is 28.2 Å². The molecule has 2 aliphatic rings. The average molecular weight is 510 g/mol. The third-order valence-electron chi connectivity index (χ3n) is 7.08. The zero-order chi connectivity index (χ0) is 26.7. The van der Waals surface area contributed by atoms with Gasteiger partial charge in [-0.05, 0) is 54.6 Å². The molecular formula is C32H19N3O4. The number of rotatable bonds is 4. The van der Waals surface area contributed by atoms with Crippen LogP contribution < -0.4 is 15.1 Å². The highest BCUT2D eigenvalue weighted by Gasteiger charge is 2.42. The lowest BCUT2D eigenvalue weighted by Crippen LogP contribution is -2.43. The van der Waals surface area contributed by atoms with Crippen molar-refractivity contribution in [2.75, 3.05) is 15.1 Å². The largest absolute Gasteiger partial charge is 0.355 e. The molecule has 0 unspecified atom stereocenters. The van der Waals surface area contributed by atoms with E-state index in [1.807, 2.05) is 30.3 Å². The minimum atomic E-state index is -0.536. The van der Waals surface area contributed by atoms with E-state index in [4.69, 9.17) is 0 Å². The van der Waals surface area contributed by atoms with Gasteiger partial charge in [0.1, 0.15) is 0 Å². The second kappa shape index (κ2) is 8.49. The van der Waals surface area contributed by atoms with Gasteiger partial charge in [-0.15, -0.1) is 0 Å². The fourth-order valence-electron chi connectivity index (χ4n) is 5.37. The van der Waals surface area contributed by atoms with Crippen LogP contribution in [0.4, 0.5) is 22.7 Å².